The van der Waals surface area contributed by atoms with E-state index >= 15 is 0 Å². The average molecular weight is 290 g/mol. The van der Waals surface area contributed by atoms with Gasteiger partial charge in [-0.3, -0.25) is 0 Å². The minimum atomic E-state index is -4.68. The van der Waals surface area contributed by atoms with Crippen LogP contribution in [0.2, 0.25) is 0 Å². The second-order valence-electron chi connectivity index (χ2n) is 5.70. The zero-order chi connectivity index (χ0) is 15.4. The van der Waals surface area contributed by atoms with Gasteiger partial charge in [0.1, 0.15) is 5.75 Å². The summed E-state index contributed by atoms with van der Waals surface area (Å²) in [6.45, 7) is 5.60. The summed E-state index contributed by atoms with van der Waals surface area (Å²) < 4.78 is 41.0. The van der Waals surface area contributed by atoms with Crippen molar-refractivity contribution in [2.75, 3.05) is 20.1 Å². The van der Waals surface area contributed by atoms with Crippen LogP contribution in [0.15, 0.2) is 24.3 Å². The van der Waals surface area contributed by atoms with Gasteiger partial charge in [-0.2, -0.15) is 0 Å². The Kier molecular flexibility index (Phi) is 5.42. The topological polar surface area (TPSA) is 38.5 Å². The molecule has 6 heteroatoms. The molecule has 0 saturated carbocycles. The van der Waals surface area contributed by atoms with E-state index < -0.39 is 6.36 Å². The molecule has 0 aromatic heterocycles. The first-order valence-electron chi connectivity index (χ1n) is 6.35. The van der Waals surface area contributed by atoms with Gasteiger partial charge >= 0.3 is 6.36 Å². The van der Waals surface area contributed by atoms with Crippen molar-refractivity contribution in [1.82, 2.24) is 4.90 Å². The van der Waals surface area contributed by atoms with Gasteiger partial charge in [-0.05, 0) is 25.1 Å². The van der Waals surface area contributed by atoms with Crippen LogP contribution >= 0.6 is 0 Å². The van der Waals surface area contributed by atoms with Crippen molar-refractivity contribution in [2.24, 2.45) is 11.1 Å². The molecule has 0 heterocycles. The first-order valence-corrected chi connectivity index (χ1v) is 6.35. The van der Waals surface area contributed by atoms with Crippen LogP contribution in [-0.2, 0) is 6.54 Å². The molecule has 2 N–H and O–H groups in total. The first-order chi connectivity index (χ1) is 9.13. The van der Waals surface area contributed by atoms with Crippen molar-refractivity contribution < 1.29 is 17.9 Å². The summed E-state index contributed by atoms with van der Waals surface area (Å²) in [6.07, 6.45) is -4.68. The van der Waals surface area contributed by atoms with E-state index in [-0.39, 0.29) is 11.2 Å². The third kappa shape index (κ3) is 5.79. The molecule has 3 nitrogen and oxygen atoms in total. The number of alkyl halides is 3. The maximum atomic E-state index is 12.3. The molecular weight excluding hydrogens is 269 g/mol. The zero-order valence-electron chi connectivity index (χ0n) is 12.0. The lowest BCUT2D eigenvalue weighted by molar-refractivity contribution is -0.275. The molecule has 0 aliphatic carbocycles. The van der Waals surface area contributed by atoms with Crippen molar-refractivity contribution in [1.29, 1.82) is 0 Å². The molecule has 0 atom stereocenters. The van der Waals surface area contributed by atoms with Gasteiger partial charge in [0, 0.05) is 18.7 Å². The normalized spacial score (nSPS) is 12.8. The highest BCUT2D eigenvalue weighted by Crippen LogP contribution is 2.27. The molecule has 0 amide bonds. The Balaban J connectivity index is 2.77. The van der Waals surface area contributed by atoms with Crippen molar-refractivity contribution in [3.05, 3.63) is 29.8 Å². The molecule has 0 aliphatic rings. The minimum absolute atomic E-state index is 0.0887. The Bertz CT molecular complexity index is 433. The maximum Gasteiger partial charge on any atom is 0.573 e. The fourth-order valence-electron chi connectivity index (χ4n) is 2.00. The summed E-state index contributed by atoms with van der Waals surface area (Å²) in [6, 6.07) is 6.17. The third-order valence-corrected chi connectivity index (χ3v) is 2.89. The molecule has 0 aliphatic heterocycles. The zero-order valence-corrected chi connectivity index (χ0v) is 12.0. The summed E-state index contributed by atoms with van der Waals surface area (Å²) in [5.41, 5.74) is 6.07. The molecule has 0 unspecified atom stereocenters. The van der Waals surface area contributed by atoms with Crippen LogP contribution in [0.1, 0.15) is 19.4 Å². The summed E-state index contributed by atoms with van der Waals surface area (Å²) >= 11 is 0. The fourth-order valence-corrected chi connectivity index (χ4v) is 2.00. The molecular formula is C14H21F3N2O. The smallest absolute Gasteiger partial charge is 0.405 e. The molecule has 20 heavy (non-hydrogen) atoms. The number of benzene rings is 1. The quantitative estimate of drug-likeness (QED) is 0.875. The van der Waals surface area contributed by atoms with E-state index in [1.807, 2.05) is 25.8 Å². The van der Waals surface area contributed by atoms with E-state index in [4.69, 9.17) is 5.73 Å². The number of para-hydroxylation sites is 1. The van der Waals surface area contributed by atoms with Gasteiger partial charge in [0.15, 0.2) is 0 Å². The van der Waals surface area contributed by atoms with Crippen LogP contribution in [0.25, 0.3) is 0 Å². The van der Waals surface area contributed by atoms with Gasteiger partial charge in [-0.15, -0.1) is 13.2 Å². The highest BCUT2D eigenvalue weighted by Gasteiger charge is 2.32. The van der Waals surface area contributed by atoms with Gasteiger partial charge in [0.05, 0.1) is 0 Å². The van der Waals surface area contributed by atoms with E-state index in [1.165, 1.54) is 12.1 Å². The highest BCUT2D eigenvalue weighted by atomic mass is 19.4. The van der Waals surface area contributed by atoms with E-state index in [0.717, 1.165) is 0 Å². The lowest BCUT2D eigenvalue weighted by atomic mass is 9.93. The molecule has 114 valence electrons. The Hall–Kier alpha value is -1.27. The fraction of sp³-hybridized carbons (Fsp3) is 0.571. The van der Waals surface area contributed by atoms with Crippen LogP contribution in [0.4, 0.5) is 13.2 Å². The third-order valence-electron chi connectivity index (χ3n) is 2.89. The number of ether oxygens (including phenoxy) is 1. The van der Waals surface area contributed by atoms with Crippen LogP contribution < -0.4 is 10.5 Å². The Morgan fingerprint density at radius 1 is 1.20 bits per heavy atom. The molecule has 0 spiro atoms. The van der Waals surface area contributed by atoms with Gasteiger partial charge in [-0.1, -0.05) is 32.0 Å². The van der Waals surface area contributed by atoms with Gasteiger partial charge in [0.2, 0.25) is 0 Å². The van der Waals surface area contributed by atoms with Gasteiger partial charge < -0.3 is 15.4 Å². The van der Waals surface area contributed by atoms with Crippen LogP contribution in [0, 0.1) is 5.41 Å². The lowest BCUT2D eigenvalue weighted by Crippen LogP contribution is -2.36. The number of hydrogen-bond acceptors (Lipinski definition) is 3. The number of nitrogens with two attached hydrogens (primary N) is 1. The van der Waals surface area contributed by atoms with Crippen molar-refractivity contribution in [3.8, 4) is 5.75 Å². The van der Waals surface area contributed by atoms with Crippen LogP contribution in [0.3, 0.4) is 0 Å². The van der Waals surface area contributed by atoms with E-state index in [9.17, 15) is 13.2 Å². The SMILES string of the molecule is CN(Cc1ccccc1OC(F)(F)F)CC(C)(C)CN. The number of rotatable bonds is 6. The highest BCUT2D eigenvalue weighted by molar-refractivity contribution is 5.33. The molecule has 0 fully saturated rings. The Labute approximate surface area is 117 Å². The molecule has 0 saturated heterocycles. The Morgan fingerprint density at radius 2 is 1.80 bits per heavy atom. The second-order valence-corrected chi connectivity index (χ2v) is 5.70. The number of hydrogen-bond donors (Lipinski definition) is 1. The second kappa shape index (κ2) is 6.45. The first kappa shape index (κ1) is 16.8. The van der Waals surface area contributed by atoms with Crippen molar-refractivity contribution in [3.63, 3.8) is 0 Å². The molecule has 1 aromatic rings. The number of halogens is 3. The standard InChI is InChI=1S/C14H21F3N2O/c1-13(2,9-18)10-19(3)8-11-6-4-5-7-12(11)20-14(15,16)17/h4-7H,8-10,18H2,1-3H3. The largest absolute Gasteiger partial charge is 0.573 e. The van der Waals surface area contributed by atoms with Crippen molar-refractivity contribution in [2.45, 2.75) is 26.8 Å². The number of nitrogens with zero attached hydrogens (tertiary/aromatic N) is 1. The maximum absolute atomic E-state index is 12.3. The summed E-state index contributed by atoms with van der Waals surface area (Å²) in [7, 11) is 1.85. The average Bonchev–Trinajstić information content (AvgIpc) is 2.29. The molecule has 0 bridgehead atoms. The van der Waals surface area contributed by atoms with Crippen molar-refractivity contribution >= 4 is 0 Å². The van der Waals surface area contributed by atoms with Gasteiger partial charge in [0.25, 0.3) is 0 Å². The van der Waals surface area contributed by atoms with E-state index in [1.54, 1.807) is 12.1 Å². The molecule has 1 rings (SSSR count). The Morgan fingerprint density at radius 3 is 2.35 bits per heavy atom. The monoisotopic (exact) mass is 290 g/mol. The summed E-state index contributed by atoms with van der Waals surface area (Å²) in [5, 5.41) is 0. The van der Waals surface area contributed by atoms with E-state index in [2.05, 4.69) is 4.74 Å². The summed E-state index contributed by atoms with van der Waals surface area (Å²) in [4.78, 5) is 1.94. The lowest BCUT2D eigenvalue weighted by Gasteiger charge is -2.29. The minimum Gasteiger partial charge on any atom is -0.405 e. The van der Waals surface area contributed by atoms with E-state index in [0.29, 0.717) is 25.2 Å². The van der Waals surface area contributed by atoms with Crippen LogP contribution in [0.5, 0.6) is 5.75 Å². The predicted octanol–water partition coefficient (Wildman–Crippen LogP) is 3.00. The predicted molar refractivity (Wildman–Crippen MR) is 72.3 cm³/mol. The molecule has 1 aromatic carbocycles. The van der Waals surface area contributed by atoms with Gasteiger partial charge in [-0.25, -0.2) is 0 Å². The molecule has 0 radical (unpaired) electrons. The van der Waals surface area contributed by atoms with Crippen LogP contribution in [-0.4, -0.2) is 31.4 Å². The summed E-state index contributed by atoms with van der Waals surface area (Å²) in [5.74, 6) is -0.155.